The summed E-state index contributed by atoms with van der Waals surface area (Å²) in [5.41, 5.74) is 1.47. The van der Waals surface area contributed by atoms with Crippen molar-refractivity contribution in [2.75, 3.05) is 7.11 Å². The number of amides is 1. The lowest BCUT2D eigenvalue weighted by atomic mass is 10.2. The van der Waals surface area contributed by atoms with Crippen LogP contribution in [0, 0.1) is 0 Å². The number of ether oxygens (including phenoxy) is 1. The number of methoxy groups -OCH3 is 1. The highest BCUT2D eigenvalue weighted by Crippen LogP contribution is 2.26. The Morgan fingerprint density at radius 3 is 2.60 bits per heavy atom. The number of nitrogens with one attached hydrogen (secondary N) is 1. The molecule has 3 aromatic rings. The van der Waals surface area contributed by atoms with Crippen LogP contribution in [0.15, 0.2) is 63.5 Å². The third kappa shape index (κ3) is 4.24. The Balaban J connectivity index is 1.65. The van der Waals surface area contributed by atoms with Gasteiger partial charge >= 0.3 is 0 Å². The molecule has 0 bridgehead atoms. The van der Waals surface area contributed by atoms with E-state index in [1.807, 2.05) is 36.4 Å². The lowest BCUT2D eigenvalue weighted by molar-refractivity contribution is 0.0948. The highest BCUT2D eigenvalue weighted by molar-refractivity contribution is 9.10. The summed E-state index contributed by atoms with van der Waals surface area (Å²) in [6.07, 6.45) is 0. The second-order valence-corrected chi connectivity index (χ2v) is 6.60. The highest BCUT2D eigenvalue weighted by Gasteiger charge is 2.10. The van der Waals surface area contributed by atoms with E-state index in [2.05, 4.69) is 21.2 Å². The quantitative estimate of drug-likeness (QED) is 0.609. The Bertz CT molecular complexity index is 890. The molecule has 1 heterocycles. The predicted octanol–water partition coefficient (Wildman–Crippen LogP) is 5.30. The molecule has 0 saturated heterocycles. The molecule has 0 aliphatic heterocycles. The van der Waals surface area contributed by atoms with Crippen molar-refractivity contribution < 1.29 is 13.9 Å². The maximum atomic E-state index is 12.3. The monoisotopic (exact) mass is 419 g/mol. The van der Waals surface area contributed by atoms with Crippen LogP contribution in [-0.2, 0) is 6.54 Å². The van der Waals surface area contributed by atoms with Gasteiger partial charge in [0.25, 0.3) is 5.91 Å². The summed E-state index contributed by atoms with van der Waals surface area (Å²) >= 11 is 9.26. The first-order valence-corrected chi connectivity index (χ1v) is 8.70. The zero-order valence-corrected chi connectivity index (χ0v) is 15.7. The molecule has 0 aliphatic rings. The van der Waals surface area contributed by atoms with Gasteiger partial charge in [-0.1, -0.05) is 11.6 Å². The number of rotatable bonds is 5. The highest BCUT2D eigenvalue weighted by atomic mass is 79.9. The molecule has 0 unspecified atom stereocenters. The number of hydrogen-bond donors (Lipinski definition) is 1. The average Bonchev–Trinajstić information content (AvgIpc) is 3.09. The van der Waals surface area contributed by atoms with Crippen LogP contribution in [0.4, 0.5) is 0 Å². The van der Waals surface area contributed by atoms with Gasteiger partial charge in [-0.05, 0) is 70.5 Å². The Labute approximate surface area is 158 Å². The zero-order valence-electron chi connectivity index (χ0n) is 13.4. The molecule has 2 aromatic carbocycles. The molecule has 128 valence electrons. The number of halogens is 2. The van der Waals surface area contributed by atoms with E-state index >= 15 is 0 Å². The van der Waals surface area contributed by atoms with Gasteiger partial charge in [0.15, 0.2) is 0 Å². The Morgan fingerprint density at radius 1 is 1.16 bits per heavy atom. The van der Waals surface area contributed by atoms with Crippen molar-refractivity contribution in [3.63, 3.8) is 0 Å². The lowest BCUT2D eigenvalue weighted by Gasteiger charge is -2.07. The molecule has 1 N–H and O–H groups in total. The van der Waals surface area contributed by atoms with Crippen LogP contribution in [0.3, 0.4) is 0 Å². The van der Waals surface area contributed by atoms with Crippen LogP contribution >= 0.6 is 27.5 Å². The summed E-state index contributed by atoms with van der Waals surface area (Å²) < 4.78 is 11.7. The first-order valence-electron chi connectivity index (χ1n) is 7.53. The maximum Gasteiger partial charge on any atom is 0.251 e. The minimum Gasteiger partial charge on any atom is -0.496 e. The van der Waals surface area contributed by atoms with E-state index < -0.39 is 0 Å². The molecule has 3 rings (SSSR count). The van der Waals surface area contributed by atoms with Gasteiger partial charge in [-0.15, -0.1) is 0 Å². The fourth-order valence-corrected chi connectivity index (χ4v) is 2.99. The van der Waals surface area contributed by atoms with E-state index in [4.69, 9.17) is 20.8 Å². The minimum atomic E-state index is -0.187. The summed E-state index contributed by atoms with van der Waals surface area (Å²) in [4.78, 5) is 12.3. The van der Waals surface area contributed by atoms with Crippen molar-refractivity contribution in [2.24, 2.45) is 0 Å². The Morgan fingerprint density at radius 2 is 1.92 bits per heavy atom. The van der Waals surface area contributed by atoms with Crippen LogP contribution in [0.2, 0.25) is 5.02 Å². The topological polar surface area (TPSA) is 51.5 Å². The molecule has 0 aliphatic carbocycles. The molecule has 0 saturated carbocycles. The van der Waals surface area contributed by atoms with Crippen LogP contribution in [0.5, 0.6) is 5.75 Å². The average molecular weight is 421 g/mol. The van der Waals surface area contributed by atoms with Crippen molar-refractivity contribution >= 4 is 33.4 Å². The Hall–Kier alpha value is -2.24. The van der Waals surface area contributed by atoms with Crippen LogP contribution in [0.25, 0.3) is 11.3 Å². The first-order chi connectivity index (χ1) is 12.1. The third-order valence-electron chi connectivity index (χ3n) is 3.63. The number of furan rings is 1. The fraction of sp³-hybridized carbons (Fsp3) is 0.105. The number of hydrogen-bond acceptors (Lipinski definition) is 3. The molecular formula is C19H15BrClNO3. The summed E-state index contributed by atoms with van der Waals surface area (Å²) in [6.45, 7) is 0.302. The molecule has 0 atom stereocenters. The molecule has 0 radical (unpaired) electrons. The van der Waals surface area contributed by atoms with E-state index in [0.29, 0.717) is 28.6 Å². The van der Waals surface area contributed by atoms with Crippen LogP contribution in [-0.4, -0.2) is 13.0 Å². The number of carbonyl (C=O) groups is 1. The van der Waals surface area contributed by atoms with Gasteiger partial charge in [-0.2, -0.15) is 0 Å². The van der Waals surface area contributed by atoms with E-state index in [1.54, 1.807) is 25.3 Å². The number of benzene rings is 2. The minimum absolute atomic E-state index is 0.187. The molecule has 4 nitrogen and oxygen atoms in total. The second-order valence-electron chi connectivity index (χ2n) is 5.30. The summed E-state index contributed by atoms with van der Waals surface area (Å²) in [5, 5.41) is 3.51. The maximum absolute atomic E-state index is 12.3. The van der Waals surface area contributed by atoms with Gasteiger partial charge in [0.1, 0.15) is 17.3 Å². The number of carbonyl (C=O) groups excluding carboxylic acids is 1. The molecule has 25 heavy (non-hydrogen) atoms. The molecule has 0 spiro atoms. The SMILES string of the molecule is COc1ccc(C(=O)NCc2ccc(-c3ccc(Cl)cc3)o2)cc1Br. The molecule has 0 fully saturated rings. The van der Waals surface area contributed by atoms with E-state index in [-0.39, 0.29) is 5.91 Å². The van der Waals surface area contributed by atoms with Gasteiger partial charge < -0.3 is 14.5 Å². The smallest absolute Gasteiger partial charge is 0.251 e. The standard InChI is InChI=1S/C19H15BrClNO3/c1-24-18-8-4-13(10-16(18)20)19(23)22-11-15-7-9-17(25-15)12-2-5-14(21)6-3-12/h2-10H,11H2,1H3,(H,22,23). The van der Waals surface area contributed by atoms with Crippen molar-refractivity contribution in [3.05, 3.63) is 75.4 Å². The molecule has 1 amide bonds. The lowest BCUT2D eigenvalue weighted by Crippen LogP contribution is -2.22. The third-order valence-corrected chi connectivity index (χ3v) is 4.50. The van der Waals surface area contributed by atoms with Gasteiger partial charge in [0, 0.05) is 16.1 Å². The van der Waals surface area contributed by atoms with Gasteiger partial charge in [-0.3, -0.25) is 4.79 Å². The van der Waals surface area contributed by atoms with E-state index in [1.165, 1.54) is 0 Å². The van der Waals surface area contributed by atoms with E-state index in [9.17, 15) is 4.79 Å². The van der Waals surface area contributed by atoms with Crippen molar-refractivity contribution in [1.82, 2.24) is 5.32 Å². The largest absolute Gasteiger partial charge is 0.496 e. The van der Waals surface area contributed by atoms with Crippen LogP contribution < -0.4 is 10.1 Å². The normalized spacial score (nSPS) is 10.5. The second kappa shape index (κ2) is 7.76. The van der Waals surface area contributed by atoms with Gasteiger partial charge in [0.2, 0.25) is 0 Å². The van der Waals surface area contributed by atoms with Gasteiger partial charge in [0.05, 0.1) is 18.1 Å². The van der Waals surface area contributed by atoms with E-state index in [0.717, 1.165) is 15.8 Å². The van der Waals surface area contributed by atoms with Gasteiger partial charge in [-0.25, -0.2) is 0 Å². The van der Waals surface area contributed by atoms with Crippen molar-refractivity contribution in [1.29, 1.82) is 0 Å². The van der Waals surface area contributed by atoms with Crippen molar-refractivity contribution in [3.8, 4) is 17.1 Å². The molecule has 1 aromatic heterocycles. The van der Waals surface area contributed by atoms with Crippen LogP contribution in [0.1, 0.15) is 16.1 Å². The fourth-order valence-electron chi connectivity index (χ4n) is 2.32. The zero-order chi connectivity index (χ0) is 17.8. The summed E-state index contributed by atoms with van der Waals surface area (Å²) in [7, 11) is 1.58. The van der Waals surface area contributed by atoms with Crippen molar-refractivity contribution in [2.45, 2.75) is 6.54 Å². The first kappa shape index (κ1) is 17.6. The Kier molecular flexibility index (Phi) is 5.46. The predicted molar refractivity (Wildman–Crippen MR) is 101 cm³/mol. The molecule has 6 heteroatoms. The summed E-state index contributed by atoms with van der Waals surface area (Å²) in [5.74, 6) is 1.89. The summed E-state index contributed by atoms with van der Waals surface area (Å²) in [6, 6.07) is 16.3. The molecular weight excluding hydrogens is 406 g/mol.